The molecule has 0 radical (unpaired) electrons. The summed E-state index contributed by atoms with van der Waals surface area (Å²) >= 11 is 0. The first-order valence-electron chi connectivity index (χ1n) is 13.6. The van der Waals surface area contributed by atoms with Crippen molar-refractivity contribution in [2.24, 2.45) is 0 Å². The van der Waals surface area contributed by atoms with Crippen LogP contribution in [0.3, 0.4) is 0 Å². The van der Waals surface area contributed by atoms with E-state index in [1.54, 1.807) is 0 Å². The van der Waals surface area contributed by atoms with E-state index in [0.717, 1.165) is 23.0 Å². The monoisotopic (exact) mass is 498 g/mol. The van der Waals surface area contributed by atoms with Crippen LogP contribution in [0.5, 0.6) is 0 Å². The lowest BCUT2D eigenvalue weighted by molar-refractivity contribution is 0.827. The van der Waals surface area contributed by atoms with Crippen LogP contribution >= 0.6 is 0 Å². The van der Waals surface area contributed by atoms with Gasteiger partial charge in [0, 0.05) is 45.5 Å². The summed E-state index contributed by atoms with van der Waals surface area (Å²) in [5, 5.41) is 8.80. The fourth-order valence-electron chi connectivity index (χ4n) is 6.51. The van der Waals surface area contributed by atoms with Gasteiger partial charge in [-0.2, -0.15) is 0 Å². The Labute approximate surface area is 226 Å². The lowest BCUT2D eigenvalue weighted by Gasteiger charge is -2.18. The third-order valence-corrected chi connectivity index (χ3v) is 8.19. The molecule has 184 valence electrons. The Morgan fingerprint density at radius 3 is 1.77 bits per heavy atom. The van der Waals surface area contributed by atoms with Crippen LogP contribution in [0, 0.1) is 0 Å². The molecule has 0 unspecified atom stereocenters. The lowest BCUT2D eigenvalue weighted by Crippen LogP contribution is -1.93. The molecule has 2 aromatic heterocycles. The maximum absolute atomic E-state index is 4.82. The van der Waals surface area contributed by atoms with Crippen molar-refractivity contribution in [1.29, 1.82) is 0 Å². The minimum atomic E-state index is 0.948. The highest BCUT2D eigenvalue weighted by molar-refractivity contribution is 6.22. The van der Waals surface area contributed by atoms with Gasteiger partial charge in [0.25, 0.3) is 0 Å². The summed E-state index contributed by atoms with van der Waals surface area (Å²) in [6, 6.07) is 44.1. The first-order valence-corrected chi connectivity index (χ1v) is 13.6. The van der Waals surface area contributed by atoms with E-state index in [0.29, 0.717) is 0 Å². The molecule has 0 aliphatic heterocycles. The molecule has 0 saturated heterocycles. The molecule has 0 aliphatic rings. The van der Waals surface area contributed by atoms with Gasteiger partial charge in [-0.1, -0.05) is 91.0 Å². The molecule has 0 N–H and O–H groups in total. The van der Waals surface area contributed by atoms with Gasteiger partial charge < -0.3 is 4.57 Å². The molecule has 2 heterocycles. The second-order valence-corrected chi connectivity index (χ2v) is 10.3. The SMILES string of the molecule is CCn1c2ccccc2c2cc(-c3c4ccccc4c(-c4cnc5ccccc5c4)c4ccccc34)ccc21. The first kappa shape index (κ1) is 22.1. The number of aryl methyl sites for hydroxylation is 1. The largest absolute Gasteiger partial charge is 0.341 e. The number of hydrogen-bond donors (Lipinski definition) is 0. The van der Waals surface area contributed by atoms with Crippen molar-refractivity contribution in [3.63, 3.8) is 0 Å². The molecule has 2 nitrogen and oxygen atoms in total. The molecular formula is C37H26N2. The Kier molecular flexibility index (Phi) is 4.83. The van der Waals surface area contributed by atoms with E-state index in [4.69, 9.17) is 4.98 Å². The topological polar surface area (TPSA) is 17.8 Å². The molecule has 0 atom stereocenters. The van der Waals surface area contributed by atoms with E-state index in [2.05, 4.69) is 127 Å². The van der Waals surface area contributed by atoms with Gasteiger partial charge in [0.15, 0.2) is 0 Å². The maximum Gasteiger partial charge on any atom is 0.0702 e. The number of pyridine rings is 1. The molecule has 0 aliphatic carbocycles. The standard InChI is InChI=1S/C37H26N2/c1-2-39-34-18-10-8-12-27(34)32-22-25(19-20-35(32)39)36-28-13-4-6-15-30(28)37(31-16-7-5-14-29(31)36)26-21-24-11-3-9-17-33(24)38-23-26/h3-23H,2H2,1H3. The van der Waals surface area contributed by atoms with E-state index in [1.165, 1.54) is 60.0 Å². The van der Waals surface area contributed by atoms with Crippen LogP contribution in [0.4, 0.5) is 0 Å². The van der Waals surface area contributed by atoms with Gasteiger partial charge in [0.05, 0.1) is 5.52 Å². The lowest BCUT2D eigenvalue weighted by atomic mass is 9.86. The Bertz CT molecular complexity index is 2160. The van der Waals surface area contributed by atoms with Gasteiger partial charge >= 0.3 is 0 Å². The Hall–Kier alpha value is -4.95. The van der Waals surface area contributed by atoms with Crippen LogP contribution in [0.25, 0.3) is 76.5 Å². The Morgan fingerprint density at radius 2 is 1.08 bits per heavy atom. The maximum atomic E-state index is 4.82. The van der Waals surface area contributed by atoms with Gasteiger partial charge in [-0.15, -0.1) is 0 Å². The highest BCUT2D eigenvalue weighted by Crippen LogP contribution is 2.44. The summed E-state index contributed by atoms with van der Waals surface area (Å²) < 4.78 is 2.42. The van der Waals surface area contributed by atoms with E-state index in [1.807, 2.05) is 12.3 Å². The Balaban J connectivity index is 1.48. The average molecular weight is 499 g/mol. The fourth-order valence-corrected chi connectivity index (χ4v) is 6.51. The van der Waals surface area contributed by atoms with E-state index >= 15 is 0 Å². The normalized spacial score (nSPS) is 11.8. The van der Waals surface area contributed by atoms with Crippen LogP contribution in [-0.2, 0) is 6.54 Å². The molecule has 6 aromatic carbocycles. The molecule has 0 spiro atoms. The summed E-state index contributed by atoms with van der Waals surface area (Å²) in [6.07, 6.45) is 2.03. The summed E-state index contributed by atoms with van der Waals surface area (Å²) in [7, 11) is 0. The van der Waals surface area contributed by atoms with Crippen molar-refractivity contribution in [1.82, 2.24) is 9.55 Å². The van der Waals surface area contributed by atoms with Crippen molar-refractivity contribution in [3.8, 4) is 22.3 Å². The molecule has 0 amide bonds. The summed E-state index contributed by atoms with van der Waals surface area (Å²) in [4.78, 5) is 4.82. The van der Waals surface area contributed by atoms with E-state index < -0.39 is 0 Å². The zero-order chi connectivity index (χ0) is 25.9. The third kappa shape index (κ3) is 3.25. The zero-order valence-electron chi connectivity index (χ0n) is 21.7. The minimum Gasteiger partial charge on any atom is -0.341 e. The van der Waals surface area contributed by atoms with E-state index in [-0.39, 0.29) is 0 Å². The van der Waals surface area contributed by atoms with Gasteiger partial charge in [-0.3, -0.25) is 4.98 Å². The van der Waals surface area contributed by atoms with Gasteiger partial charge in [-0.05, 0) is 75.5 Å². The van der Waals surface area contributed by atoms with Crippen molar-refractivity contribution >= 4 is 54.3 Å². The number of benzene rings is 6. The minimum absolute atomic E-state index is 0.948. The molecule has 8 aromatic rings. The van der Waals surface area contributed by atoms with Crippen LogP contribution in [0.2, 0.25) is 0 Å². The molecular weight excluding hydrogens is 472 g/mol. The number of rotatable bonds is 3. The quantitative estimate of drug-likeness (QED) is 0.222. The second-order valence-electron chi connectivity index (χ2n) is 10.3. The number of hydrogen-bond acceptors (Lipinski definition) is 1. The summed E-state index contributed by atoms with van der Waals surface area (Å²) in [5.74, 6) is 0. The van der Waals surface area contributed by atoms with Crippen molar-refractivity contribution in [2.75, 3.05) is 0 Å². The van der Waals surface area contributed by atoms with Crippen LogP contribution < -0.4 is 0 Å². The highest BCUT2D eigenvalue weighted by atomic mass is 15.0. The summed E-state index contributed by atoms with van der Waals surface area (Å²) in [5.41, 5.74) is 8.52. The highest BCUT2D eigenvalue weighted by Gasteiger charge is 2.18. The van der Waals surface area contributed by atoms with Crippen LogP contribution in [0.15, 0.2) is 128 Å². The average Bonchev–Trinajstić information content (AvgIpc) is 3.32. The molecule has 0 bridgehead atoms. The van der Waals surface area contributed by atoms with Crippen molar-refractivity contribution in [2.45, 2.75) is 13.5 Å². The number of nitrogens with zero attached hydrogens (tertiary/aromatic N) is 2. The van der Waals surface area contributed by atoms with Gasteiger partial charge in [0.2, 0.25) is 0 Å². The van der Waals surface area contributed by atoms with E-state index in [9.17, 15) is 0 Å². The summed E-state index contributed by atoms with van der Waals surface area (Å²) in [6.45, 7) is 3.17. The van der Waals surface area contributed by atoms with Crippen molar-refractivity contribution in [3.05, 3.63) is 128 Å². The predicted molar refractivity (Wildman–Crippen MR) is 166 cm³/mol. The predicted octanol–water partition coefficient (Wildman–Crippen LogP) is 10.0. The number of para-hydroxylation sites is 2. The first-order chi connectivity index (χ1) is 19.3. The fraction of sp³-hybridized carbons (Fsp3) is 0.0541. The molecule has 8 rings (SSSR count). The third-order valence-electron chi connectivity index (χ3n) is 8.19. The molecule has 2 heteroatoms. The Morgan fingerprint density at radius 1 is 0.513 bits per heavy atom. The van der Waals surface area contributed by atoms with Crippen molar-refractivity contribution < 1.29 is 0 Å². The molecule has 39 heavy (non-hydrogen) atoms. The second kappa shape index (κ2) is 8.54. The zero-order valence-corrected chi connectivity index (χ0v) is 21.7. The van der Waals surface area contributed by atoms with Gasteiger partial charge in [-0.25, -0.2) is 0 Å². The van der Waals surface area contributed by atoms with Crippen LogP contribution in [-0.4, -0.2) is 9.55 Å². The van der Waals surface area contributed by atoms with Gasteiger partial charge in [0.1, 0.15) is 0 Å². The molecule has 0 fully saturated rings. The van der Waals surface area contributed by atoms with Crippen LogP contribution in [0.1, 0.15) is 6.92 Å². The smallest absolute Gasteiger partial charge is 0.0702 e. The number of aromatic nitrogens is 2. The number of fused-ring (bicyclic) bond motifs is 6. The molecule has 0 saturated carbocycles.